The molecule has 1 atom stereocenters. The third kappa shape index (κ3) is 4.38. The van der Waals surface area contributed by atoms with Crippen molar-refractivity contribution in [1.29, 1.82) is 0 Å². The van der Waals surface area contributed by atoms with Crippen LogP contribution in [0.3, 0.4) is 0 Å². The third-order valence-corrected chi connectivity index (χ3v) is 4.32. The second kappa shape index (κ2) is 7.81. The van der Waals surface area contributed by atoms with E-state index >= 15 is 0 Å². The van der Waals surface area contributed by atoms with Crippen molar-refractivity contribution in [2.24, 2.45) is 11.0 Å². The summed E-state index contributed by atoms with van der Waals surface area (Å²) >= 11 is 0. The summed E-state index contributed by atoms with van der Waals surface area (Å²) in [4.78, 5) is 36.3. The molecule has 27 heavy (non-hydrogen) atoms. The van der Waals surface area contributed by atoms with Gasteiger partial charge in [-0.25, -0.2) is 5.43 Å². The predicted molar refractivity (Wildman–Crippen MR) is 95.7 cm³/mol. The molecule has 0 spiro atoms. The molecule has 1 aliphatic heterocycles. The number of rotatable bonds is 6. The van der Waals surface area contributed by atoms with Gasteiger partial charge in [0.1, 0.15) is 5.76 Å². The van der Waals surface area contributed by atoms with Gasteiger partial charge in [0.05, 0.1) is 29.4 Å². The van der Waals surface area contributed by atoms with Crippen molar-refractivity contribution in [3.8, 4) is 0 Å². The van der Waals surface area contributed by atoms with E-state index in [-0.39, 0.29) is 30.5 Å². The summed E-state index contributed by atoms with van der Waals surface area (Å²) < 4.78 is 5.23. The normalized spacial score (nSPS) is 17.2. The SMILES string of the molecule is C/C(=N\NC(=O)C1CC(=O)N(Cc2ccco2)C1)c1cccc([N+](=O)[O-])c1. The molecule has 9 nitrogen and oxygen atoms in total. The maximum Gasteiger partial charge on any atom is 0.270 e. The van der Waals surface area contributed by atoms with E-state index in [1.807, 2.05) is 0 Å². The fourth-order valence-electron chi connectivity index (χ4n) is 2.83. The topological polar surface area (TPSA) is 118 Å². The number of hydrazone groups is 1. The number of amides is 2. The minimum absolute atomic E-state index is 0.0525. The highest BCUT2D eigenvalue weighted by Crippen LogP contribution is 2.20. The Kier molecular flexibility index (Phi) is 5.30. The first kappa shape index (κ1) is 18.3. The summed E-state index contributed by atoms with van der Waals surface area (Å²) in [6.45, 7) is 2.25. The van der Waals surface area contributed by atoms with Gasteiger partial charge in [-0.3, -0.25) is 19.7 Å². The lowest BCUT2D eigenvalue weighted by Crippen LogP contribution is -2.30. The van der Waals surface area contributed by atoms with Gasteiger partial charge in [-0.05, 0) is 19.1 Å². The second-order valence-corrected chi connectivity index (χ2v) is 6.24. The molecule has 2 aromatic rings. The highest BCUT2D eigenvalue weighted by molar-refractivity contribution is 6.00. The van der Waals surface area contributed by atoms with Crippen LogP contribution >= 0.6 is 0 Å². The summed E-state index contributed by atoms with van der Waals surface area (Å²) in [5.74, 6) is -0.334. The Morgan fingerprint density at radius 2 is 2.22 bits per heavy atom. The third-order valence-electron chi connectivity index (χ3n) is 4.32. The fourth-order valence-corrected chi connectivity index (χ4v) is 2.83. The van der Waals surface area contributed by atoms with Gasteiger partial charge in [-0.1, -0.05) is 12.1 Å². The monoisotopic (exact) mass is 370 g/mol. The largest absolute Gasteiger partial charge is 0.467 e. The van der Waals surface area contributed by atoms with E-state index in [4.69, 9.17) is 4.42 Å². The molecular weight excluding hydrogens is 352 g/mol. The minimum atomic E-state index is -0.505. The number of carbonyl (C=O) groups excluding carboxylic acids is 2. The van der Waals surface area contributed by atoms with Crippen LogP contribution in [0.1, 0.15) is 24.7 Å². The minimum Gasteiger partial charge on any atom is -0.467 e. The zero-order valence-electron chi connectivity index (χ0n) is 14.6. The Morgan fingerprint density at radius 1 is 1.41 bits per heavy atom. The average molecular weight is 370 g/mol. The van der Waals surface area contributed by atoms with Gasteiger partial charge in [0.2, 0.25) is 11.8 Å². The number of nitrogens with zero attached hydrogens (tertiary/aromatic N) is 3. The van der Waals surface area contributed by atoms with Crippen LogP contribution in [0.15, 0.2) is 52.2 Å². The lowest BCUT2D eigenvalue weighted by Gasteiger charge is -2.14. The first-order valence-electron chi connectivity index (χ1n) is 8.33. The molecule has 1 aliphatic rings. The second-order valence-electron chi connectivity index (χ2n) is 6.24. The Labute approximate surface area is 154 Å². The fraction of sp³-hybridized carbons (Fsp3) is 0.278. The molecule has 1 aromatic heterocycles. The number of non-ortho nitro benzene ring substituents is 1. The molecule has 1 N–H and O–H groups in total. The maximum atomic E-state index is 12.3. The van der Waals surface area contributed by atoms with Crippen molar-refractivity contribution >= 4 is 23.2 Å². The van der Waals surface area contributed by atoms with Crippen molar-refractivity contribution < 1.29 is 18.9 Å². The van der Waals surface area contributed by atoms with Crippen LogP contribution in [-0.2, 0) is 16.1 Å². The number of carbonyl (C=O) groups is 2. The number of likely N-dealkylation sites (tertiary alicyclic amines) is 1. The van der Waals surface area contributed by atoms with E-state index in [2.05, 4.69) is 10.5 Å². The molecule has 0 radical (unpaired) electrons. The van der Waals surface area contributed by atoms with E-state index < -0.39 is 10.8 Å². The van der Waals surface area contributed by atoms with Crippen LogP contribution < -0.4 is 5.43 Å². The van der Waals surface area contributed by atoms with E-state index in [1.54, 1.807) is 36.1 Å². The molecule has 1 fully saturated rings. The zero-order chi connectivity index (χ0) is 19.4. The van der Waals surface area contributed by atoms with Gasteiger partial charge in [-0.15, -0.1) is 0 Å². The highest BCUT2D eigenvalue weighted by Gasteiger charge is 2.34. The number of nitro groups is 1. The van der Waals surface area contributed by atoms with Crippen molar-refractivity contribution in [3.63, 3.8) is 0 Å². The van der Waals surface area contributed by atoms with Crippen LogP contribution in [0.25, 0.3) is 0 Å². The van der Waals surface area contributed by atoms with E-state index in [9.17, 15) is 19.7 Å². The molecule has 1 unspecified atom stereocenters. The molecule has 2 heterocycles. The number of nitrogens with one attached hydrogen (secondary N) is 1. The quantitative estimate of drug-likeness (QED) is 0.474. The summed E-state index contributed by atoms with van der Waals surface area (Å²) in [6.07, 6.45) is 1.64. The number of hydrogen-bond donors (Lipinski definition) is 1. The maximum absolute atomic E-state index is 12.3. The van der Waals surface area contributed by atoms with Gasteiger partial charge in [0, 0.05) is 30.7 Å². The van der Waals surface area contributed by atoms with Crippen LogP contribution in [0.5, 0.6) is 0 Å². The molecule has 1 aromatic carbocycles. The number of nitro benzene ring substituents is 1. The van der Waals surface area contributed by atoms with Gasteiger partial charge in [0.25, 0.3) is 5.69 Å². The van der Waals surface area contributed by atoms with Crippen molar-refractivity contribution in [3.05, 3.63) is 64.1 Å². The number of hydrogen-bond acceptors (Lipinski definition) is 6. The summed E-state index contributed by atoms with van der Waals surface area (Å²) in [5.41, 5.74) is 3.36. The summed E-state index contributed by atoms with van der Waals surface area (Å²) in [6, 6.07) is 9.50. The van der Waals surface area contributed by atoms with Gasteiger partial charge in [-0.2, -0.15) is 5.10 Å². The lowest BCUT2D eigenvalue weighted by atomic mass is 10.1. The average Bonchev–Trinajstić information content (AvgIpc) is 3.30. The first-order valence-corrected chi connectivity index (χ1v) is 8.33. The molecule has 0 bridgehead atoms. The first-order chi connectivity index (χ1) is 12.9. The Bertz CT molecular complexity index is 891. The molecule has 2 amide bonds. The standard InChI is InChI=1S/C18H18N4O5/c1-12(13-4-2-5-15(8-13)22(25)26)19-20-18(24)14-9-17(23)21(10-14)11-16-6-3-7-27-16/h2-8,14H,9-11H2,1H3,(H,20,24)/b19-12+. The molecule has 1 saturated heterocycles. The summed E-state index contributed by atoms with van der Waals surface area (Å²) in [5, 5.41) is 14.9. The number of benzene rings is 1. The highest BCUT2D eigenvalue weighted by atomic mass is 16.6. The van der Waals surface area contributed by atoms with Crippen LogP contribution in [0.2, 0.25) is 0 Å². The van der Waals surface area contributed by atoms with E-state index in [0.29, 0.717) is 23.6 Å². The zero-order valence-corrected chi connectivity index (χ0v) is 14.6. The molecular formula is C18H18N4O5. The predicted octanol–water partition coefficient (Wildman–Crippen LogP) is 2.08. The van der Waals surface area contributed by atoms with Crippen molar-refractivity contribution in [2.75, 3.05) is 6.54 Å². The Morgan fingerprint density at radius 3 is 2.93 bits per heavy atom. The molecule has 9 heteroatoms. The van der Waals surface area contributed by atoms with E-state index in [0.717, 1.165) is 0 Å². The summed E-state index contributed by atoms with van der Waals surface area (Å²) in [7, 11) is 0. The molecule has 0 saturated carbocycles. The van der Waals surface area contributed by atoms with Crippen LogP contribution in [0, 0.1) is 16.0 Å². The lowest BCUT2D eigenvalue weighted by molar-refractivity contribution is -0.384. The smallest absolute Gasteiger partial charge is 0.270 e. The van der Waals surface area contributed by atoms with Gasteiger partial charge >= 0.3 is 0 Å². The molecule has 0 aliphatic carbocycles. The molecule has 140 valence electrons. The Hall–Kier alpha value is -3.49. The van der Waals surface area contributed by atoms with Gasteiger partial charge in [0.15, 0.2) is 0 Å². The number of furan rings is 1. The van der Waals surface area contributed by atoms with Crippen LogP contribution in [-0.4, -0.2) is 33.9 Å². The molecule has 3 rings (SSSR count). The van der Waals surface area contributed by atoms with Crippen LogP contribution in [0.4, 0.5) is 5.69 Å². The Balaban J connectivity index is 1.60. The van der Waals surface area contributed by atoms with Gasteiger partial charge < -0.3 is 9.32 Å². The van der Waals surface area contributed by atoms with Crippen molar-refractivity contribution in [2.45, 2.75) is 19.9 Å². The van der Waals surface area contributed by atoms with Crippen molar-refractivity contribution in [1.82, 2.24) is 10.3 Å². The van der Waals surface area contributed by atoms with E-state index in [1.165, 1.54) is 18.4 Å².